The first-order valence-electron chi connectivity index (χ1n) is 8.46. The first-order valence-corrected chi connectivity index (χ1v) is 8.46. The fourth-order valence-electron chi connectivity index (χ4n) is 3.05. The van der Waals surface area contributed by atoms with Gasteiger partial charge >= 0.3 is 0 Å². The molecule has 7 nitrogen and oxygen atoms in total. The van der Waals surface area contributed by atoms with Crippen molar-refractivity contribution >= 4 is 5.91 Å². The molecule has 1 amide bonds. The number of ether oxygens (including phenoxy) is 3. The smallest absolute Gasteiger partial charge is 0.251 e. The normalized spacial score (nSPS) is 19.2. The lowest BCUT2D eigenvalue weighted by atomic mass is 9.99. The third-order valence-corrected chi connectivity index (χ3v) is 4.06. The topological polar surface area (TPSA) is 85.5 Å². The summed E-state index contributed by atoms with van der Waals surface area (Å²) in [6.07, 6.45) is 2.99. The van der Waals surface area contributed by atoms with Crippen LogP contribution in [-0.4, -0.2) is 35.4 Å². The summed E-state index contributed by atoms with van der Waals surface area (Å²) in [5, 5.41) is 9.87. The van der Waals surface area contributed by atoms with E-state index in [0.717, 1.165) is 18.6 Å². The van der Waals surface area contributed by atoms with Gasteiger partial charge in [-0.2, -0.15) is 5.10 Å². The number of hydrogen-bond acceptors (Lipinski definition) is 5. The fourth-order valence-corrected chi connectivity index (χ4v) is 3.05. The second-order valence-electron chi connectivity index (χ2n) is 5.90. The molecular formula is C18H23N3O4. The van der Waals surface area contributed by atoms with E-state index >= 15 is 0 Å². The number of amides is 1. The van der Waals surface area contributed by atoms with Crippen molar-refractivity contribution < 1.29 is 19.0 Å². The van der Waals surface area contributed by atoms with Crippen LogP contribution in [0.3, 0.4) is 0 Å². The molecule has 2 unspecified atom stereocenters. The number of aromatic nitrogens is 2. The molecule has 2 N–H and O–H groups in total. The van der Waals surface area contributed by atoms with Crippen molar-refractivity contribution in [2.24, 2.45) is 0 Å². The lowest BCUT2D eigenvalue weighted by Gasteiger charge is -2.38. The average Bonchev–Trinajstić information content (AvgIpc) is 3.30. The molecule has 1 aliphatic rings. The SMILES string of the molecule is CCOc1ccc(OC(NC(C)=O)(c2ccn[nH]2)C2CCCO2)cc1. The molecule has 1 fully saturated rings. The Morgan fingerprint density at radius 3 is 2.68 bits per heavy atom. The third kappa shape index (κ3) is 3.76. The van der Waals surface area contributed by atoms with Gasteiger partial charge in [-0.05, 0) is 50.1 Å². The molecule has 0 saturated carbocycles. The van der Waals surface area contributed by atoms with Crippen LogP contribution >= 0.6 is 0 Å². The highest BCUT2D eigenvalue weighted by atomic mass is 16.6. The zero-order chi connectivity index (χ0) is 17.7. The molecule has 2 atom stereocenters. The van der Waals surface area contributed by atoms with Crippen LogP contribution in [0.2, 0.25) is 0 Å². The van der Waals surface area contributed by atoms with Gasteiger partial charge in [-0.25, -0.2) is 0 Å². The van der Waals surface area contributed by atoms with Gasteiger partial charge in [-0.3, -0.25) is 9.89 Å². The minimum absolute atomic E-state index is 0.212. The van der Waals surface area contributed by atoms with E-state index in [0.29, 0.717) is 24.7 Å². The van der Waals surface area contributed by atoms with Crippen molar-refractivity contribution in [1.82, 2.24) is 15.5 Å². The largest absolute Gasteiger partial charge is 0.494 e. The molecule has 1 aliphatic heterocycles. The molecule has 1 saturated heterocycles. The van der Waals surface area contributed by atoms with Crippen molar-refractivity contribution in [3.8, 4) is 11.5 Å². The quantitative estimate of drug-likeness (QED) is 0.753. The number of carbonyl (C=O) groups excluding carboxylic acids is 1. The monoisotopic (exact) mass is 345 g/mol. The summed E-state index contributed by atoms with van der Waals surface area (Å²) in [5.74, 6) is 1.15. The Balaban J connectivity index is 1.95. The zero-order valence-corrected chi connectivity index (χ0v) is 14.5. The molecular weight excluding hydrogens is 322 g/mol. The molecule has 0 radical (unpaired) electrons. The summed E-state index contributed by atoms with van der Waals surface area (Å²) in [6, 6.07) is 9.07. The highest BCUT2D eigenvalue weighted by Crippen LogP contribution is 2.35. The molecule has 2 aromatic rings. The summed E-state index contributed by atoms with van der Waals surface area (Å²) >= 11 is 0. The van der Waals surface area contributed by atoms with Gasteiger partial charge in [0.2, 0.25) is 5.91 Å². The van der Waals surface area contributed by atoms with Gasteiger partial charge in [0.1, 0.15) is 23.3 Å². The lowest BCUT2D eigenvalue weighted by molar-refractivity contribution is -0.138. The van der Waals surface area contributed by atoms with Gasteiger partial charge in [-0.1, -0.05) is 0 Å². The standard InChI is InChI=1S/C18H23N3O4/c1-3-23-14-6-8-15(9-7-14)25-18(20-13(2)22,16-10-11-19-21-16)17-5-4-12-24-17/h6-11,17H,3-5,12H2,1-2H3,(H,19,21)(H,20,22). The van der Waals surface area contributed by atoms with Gasteiger partial charge in [0.15, 0.2) is 0 Å². The Bertz CT molecular complexity index is 681. The Hall–Kier alpha value is -2.54. The van der Waals surface area contributed by atoms with Crippen LogP contribution < -0.4 is 14.8 Å². The summed E-state index contributed by atoms with van der Waals surface area (Å²) < 4.78 is 17.6. The van der Waals surface area contributed by atoms with Gasteiger partial charge < -0.3 is 19.5 Å². The van der Waals surface area contributed by atoms with Crippen molar-refractivity contribution in [3.63, 3.8) is 0 Å². The molecule has 1 aromatic carbocycles. The molecule has 2 heterocycles. The number of benzene rings is 1. The molecule has 1 aromatic heterocycles. The number of carbonyl (C=O) groups is 1. The third-order valence-electron chi connectivity index (χ3n) is 4.06. The summed E-state index contributed by atoms with van der Waals surface area (Å²) in [7, 11) is 0. The second-order valence-corrected chi connectivity index (χ2v) is 5.90. The molecule has 0 spiro atoms. The van der Waals surface area contributed by atoms with E-state index in [9.17, 15) is 4.79 Å². The van der Waals surface area contributed by atoms with Crippen molar-refractivity contribution in [2.45, 2.75) is 38.5 Å². The van der Waals surface area contributed by atoms with Gasteiger partial charge in [0, 0.05) is 19.7 Å². The maximum atomic E-state index is 11.9. The number of nitrogens with one attached hydrogen (secondary N) is 2. The Kier molecular flexibility index (Phi) is 5.23. The van der Waals surface area contributed by atoms with E-state index in [-0.39, 0.29) is 12.0 Å². The van der Waals surface area contributed by atoms with Gasteiger partial charge in [0.05, 0.1) is 6.61 Å². The minimum atomic E-state index is -1.16. The van der Waals surface area contributed by atoms with E-state index in [4.69, 9.17) is 14.2 Å². The van der Waals surface area contributed by atoms with E-state index < -0.39 is 5.72 Å². The highest BCUT2D eigenvalue weighted by Gasteiger charge is 2.47. The van der Waals surface area contributed by atoms with Crippen LogP contribution in [0.15, 0.2) is 36.5 Å². The van der Waals surface area contributed by atoms with Crippen LogP contribution in [0.4, 0.5) is 0 Å². The van der Waals surface area contributed by atoms with E-state index in [1.54, 1.807) is 12.3 Å². The molecule has 25 heavy (non-hydrogen) atoms. The van der Waals surface area contributed by atoms with Crippen molar-refractivity contribution in [3.05, 3.63) is 42.2 Å². The Morgan fingerprint density at radius 1 is 1.36 bits per heavy atom. The first-order chi connectivity index (χ1) is 12.1. The van der Waals surface area contributed by atoms with E-state index in [2.05, 4.69) is 15.5 Å². The lowest BCUT2D eigenvalue weighted by Crippen LogP contribution is -2.57. The molecule has 134 valence electrons. The summed E-state index contributed by atoms with van der Waals surface area (Å²) in [4.78, 5) is 11.9. The number of hydrogen-bond donors (Lipinski definition) is 2. The second kappa shape index (κ2) is 7.57. The summed E-state index contributed by atoms with van der Waals surface area (Å²) in [5.41, 5.74) is -0.519. The number of aromatic amines is 1. The molecule has 3 rings (SSSR count). The van der Waals surface area contributed by atoms with Crippen LogP contribution in [-0.2, 0) is 15.3 Å². The summed E-state index contributed by atoms with van der Waals surface area (Å²) in [6.45, 7) is 4.62. The van der Waals surface area contributed by atoms with Crippen LogP contribution in [0, 0.1) is 0 Å². The van der Waals surface area contributed by atoms with Gasteiger partial charge in [0.25, 0.3) is 5.72 Å². The first kappa shape index (κ1) is 17.3. The Labute approximate surface area is 146 Å². The maximum Gasteiger partial charge on any atom is 0.251 e. The fraction of sp³-hybridized carbons (Fsp3) is 0.444. The van der Waals surface area contributed by atoms with E-state index in [1.807, 2.05) is 31.2 Å². The predicted octanol–water partition coefficient (Wildman–Crippen LogP) is 2.36. The van der Waals surface area contributed by atoms with E-state index in [1.165, 1.54) is 6.92 Å². The maximum absolute atomic E-state index is 11.9. The van der Waals surface area contributed by atoms with Crippen molar-refractivity contribution in [2.75, 3.05) is 13.2 Å². The molecule has 7 heteroatoms. The minimum Gasteiger partial charge on any atom is -0.494 e. The zero-order valence-electron chi connectivity index (χ0n) is 14.5. The average molecular weight is 345 g/mol. The highest BCUT2D eigenvalue weighted by molar-refractivity contribution is 5.74. The predicted molar refractivity (Wildman–Crippen MR) is 91.3 cm³/mol. The number of H-pyrrole nitrogens is 1. The Morgan fingerprint density at radius 2 is 2.12 bits per heavy atom. The van der Waals surface area contributed by atoms with Crippen LogP contribution in [0.25, 0.3) is 0 Å². The number of nitrogens with zero attached hydrogens (tertiary/aromatic N) is 1. The molecule has 0 aliphatic carbocycles. The molecule has 0 bridgehead atoms. The number of rotatable bonds is 7. The van der Waals surface area contributed by atoms with Gasteiger partial charge in [-0.15, -0.1) is 0 Å². The van der Waals surface area contributed by atoms with Crippen LogP contribution in [0.5, 0.6) is 11.5 Å². The van der Waals surface area contributed by atoms with Crippen LogP contribution in [0.1, 0.15) is 32.4 Å². The van der Waals surface area contributed by atoms with Crippen molar-refractivity contribution in [1.29, 1.82) is 0 Å².